The van der Waals surface area contributed by atoms with E-state index in [0.29, 0.717) is 10.8 Å². The Bertz CT molecular complexity index is 737. The molecule has 2 aromatic rings. The summed E-state index contributed by atoms with van der Waals surface area (Å²) in [6, 6.07) is 9.93. The molecule has 0 aliphatic rings. The number of methoxy groups -OCH3 is 1. The van der Waals surface area contributed by atoms with Gasteiger partial charge in [-0.05, 0) is 17.0 Å². The van der Waals surface area contributed by atoms with Crippen LogP contribution in [0.4, 0.5) is 0 Å². The number of ether oxygens (including phenoxy) is 1. The average Bonchev–Trinajstić information content (AvgIpc) is 2.36. The summed E-state index contributed by atoms with van der Waals surface area (Å²) >= 11 is 0. The van der Waals surface area contributed by atoms with Gasteiger partial charge >= 0.3 is 5.97 Å². The fourth-order valence-corrected chi connectivity index (χ4v) is 2.66. The Hall–Kier alpha value is -1.92. The van der Waals surface area contributed by atoms with Crippen LogP contribution in [0.3, 0.4) is 0 Å². The Labute approximate surface area is 111 Å². The zero-order chi connectivity index (χ0) is 14.0. The van der Waals surface area contributed by atoms with Crippen molar-refractivity contribution in [2.75, 3.05) is 7.11 Å². The number of primary sulfonamides is 1. The number of sulfonamides is 1. The smallest absolute Gasteiger partial charge is 0.309 e. The van der Waals surface area contributed by atoms with Crippen LogP contribution in [0.25, 0.3) is 10.8 Å². The van der Waals surface area contributed by atoms with Crippen LogP contribution < -0.4 is 5.14 Å². The highest BCUT2D eigenvalue weighted by molar-refractivity contribution is 7.89. The molecule has 2 N–H and O–H groups in total. The number of carbonyl (C=O) groups is 1. The summed E-state index contributed by atoms with van der Waals surface area (Å²) in [6.45, 7) is 0. The number of nitrogens with two attached hydrogens (primary N) is 1. The van der Waals surface area contributed by atoms with E-state index in [2.05, 4.69) is 4.74 Å². The van der Waals surface area contributed by atoms with E-state index in [1.807, 2.05) is 0 Å². The van der Waals surface area contributed by atoms with Gasteiger partial charge in [0.25, 0.3) is 0 Å². The Kier molecular flexibility index (Phi) is 3.55. The van der Waals surface area contributed by atoms with E-state index in [1.54, 1.807) is 30.3 Å². The van der Waals surface area contributed by atoms with E-state index in [4.69, 9.17) is 5.14 Å². The number of benzene rings is 2. The molecule has 6 heteroatoms. The molecule has 0 aliphatic carbocycles. The minimum Gasteiger partial charge on any atom is -0.469 e. The van der Waals surface area contributed by atoms with Crippen molar-refractivity contribution in [1.29, 1.82) is 0 Å². The van der Waals surface area contributed by atoms with Crippen molar-refractivity contribution in [1.82, 2.24) is 0 Å². The lowest BCUT2D eigenvalue weighted by molar-refractivity contribution is -0.139. The van der Waals surface area contributed by atoms with Crippen LogP contribution in [0, 0.1) is 0 Å². The molecule has 0 heterocycles. The maximum absolute atomic E-state index is 11.5. The summed E-state index contributed by atoms with van der Waals surface area (Å²) in [5.74, 6) is -0.345. The number of carbonyl (C=O) groups excluding carboxylic acids is 1. The first-order chi connectivity index (χ1) is 8.91. The molecule has 5 nitrogen and oxygen atoms in total. The van der Waals surface area contributed by atoms with Crippen LogP contribution in [0.2, 0.25) is 0 Å². The normalized spacial score (nSPS) is 11.5. The lowest BCUT2D eigenvalue weighted by Crippen LogP contribution is -2.12. The second-order valence-electron chi connectivity index (χ2n) is 4.11. The molecule has 0 amide bonds. The zero-order valence-corrected chi connectivity index (χ0v) is 11.1. The Balaban J connectivity index is 2.55. The topological polar surface area (TPSA) is 86.5 Å². The standard InChI is InChI=1S/C13H13NO4S/c1-18-13(15)8-9-5-6-11-10(7-9)3-2-4-12(11)19(14,16)17/h2-7H,8H2,1H3,(H2,14,16,17). The molecule has 2 aromatic carbocycles. The number of fused-ring (bicyclic) bond motifs is 1. The van der Waals surface area contributed by atoms with Crippen molar-refractivity contribution in [3.8, 4) is 0 Å². The molecule has 0 spiro atoms. The molecule has 2 rings (SSSR count). The molecule has 0 saturated heterocycles. The summed E-state index contributed by atoms with van der Waals surface area (Å²) in [6.07, 6.45) is 0.145. The number of esters is 1. The first-order valence-corrected chi connectivity index (χ1v) is 7.08. The molecule has 0 radical (unpaired) electrons. The number of hydrogen-bond donors (Lipinski definition) is 1. The minimum atomic E-state index is -3.76. The molecular formula is C13H13NO4S. The quantitative estimate of drug-likeness (QED) is 0.855. The van der Waals surface area contributed by atoms with Crippen LogP contribution >= 0.6 is 0 Å². The van der Waals surface area contributed by atoms with Crippen LogP contribution in [0.5, 0.6) is 0 Å². The summed E-state index contributed by atoms with van der Waals surface area (Å²) in [4.78, 5) is 11.3. The summed E-state index contributed by atoms with van der Waals surface area (Å²) in [7, 11) is -2.44. The summed E-state index contributed by atoms with van der Waals surface area (Å²) < 4.78 is 27.5. The van der Waals surface area contributed by atoms with Gasteiger partial charge in [-0.15, -0.1) is 0 Å². The maximum Gasteiger partial charge on any atom is 0.309 e. The van der Waals surface area contributed by atoms with Crippen LogP contribution in [-0.4, -0.2) is 21.5 Å². The Morgan fingerprint density at radius 1 is 1.26 bits per heavy atom. The molecule has 0 aromatic heterocycles. The SMILES string of the molecule is COC(=O)Cc1ccc2c(S(N)(=O)=O)cccc2c1. The van der Waals surface area contributed by atoms with Gasteiger partial charge < -0.3 is 4.74 Å². The van der Waals surface area contributed by atoms with Gasteiger partial charge in [-0.2, -0.15) is 0 Å². The van der Waals surface area contributed by atoms with Crippen LogP contribution in [-0.2, 0) is 26.0 Å². The van der Waals surface area contributed by atoms with Crippen molar-refractivity contribution in [3.63, 3.8) is 0 Å². The molecule has 0 bridgehead atoms. The fourth-order valence-electron chi connectivity index (χ4n) is 1.90. The highest BCUT2D eigenvalue weighted by Crippen LogP contribution is 2.23. The number of hydrogen-bond acceptors (Lipinski definition) is 4. The van der Waals surface area contributed by atoms with Crippen LogP contribution in [0.1, 0.15) is 5.56 Å². The summed E-state index contributed by atoms with van der Waals surface area (Å²) in [5, 5.41) is 6.42. The first kappa shape index (κ1) is 13.5. The highest BCUT2D eigenvalue weighted by Gasteiger charge is 2.12. The maximum atomic E-state index is 11.5. The zero-order valence-electron chi connectivity index (χ0n) is 10.3. The minimum absolute atomic E-state index is 0.0784. The van der Waals surface area contributed by atoms with E-state index in [0.717, 1.165) is 5.56 Å². The molecule has 0 atom stereocenters. The van der Waals surface area contributed by atoms with Gasteiger partial charge in [-0.1, -0.05) is 30.3 Å². The third-order valence-corrected chi connectivity index (χ3v) is 3.76. The molecular weight excluding hydrogens is 266 g/mol. The fraction of sp³-hybridized carbons (Fsp3) is 0.154. The van der Waals surface area contributed by atoms with Gasteiger partial charge in [0.2, 0.25) is 10.0 Å². The molecule has 0 aliphatic heterocycles. The molecule has 0 fully saturated rings. The van der Waals surface area contributed by atoms with E-state index < -0.39 is 10.0 Å². The molecule has 0 saturated carbocycles. The van der Waals surface area contributed by atoms with E-state index >= 15 is 0 Å². The summed E-state index contributed by atoms with van der Waals surface area (Å²) in [5.41, 5.74) is 0.755. The van der Waals surface area contributed by atoms with E-state index in [-0.39, 0.29) is 17.3 Å². The predicted molar refractivity (Wildman–Crippen MR) is 71.0 cm³/mol. The molecule has 100 valence electrons. The highest BCUT2D eigenvalue weighted by atomic mass is 32.2. The Morgan fingerprint density at radius 3 is 2.63 bits per heavy atom. The van der Waals surface area contributed by atoms with Gasteiger partial charge in [0.05, 0.1) is 18.4 Å². The number of rotatable bonds is 3. The second-order valence-corrected chi connectivity index (χ2v) is 5.64. The third kappa shape index (κ3) is 2.91. The molecule has 0 unspecified atom stereocenters. The average molecular weight is 279 g/mol. The van der Waals surface area contributed by atoms with Crippen LogP contribution in [0.15, 0.2) is 41.3 Å². The monoisotopic (exact) mass is 279 g/mol. The van der Waals surface area contributed by atoms with E-state index in [9.17, 15) is 13.2 Å². The van der Waals surface area contributed by atoms with Crippen molar-refractivity contribution >= 4 is 26.8 Å². The third-order valence-electron chi connectivity index (χ3n) is 2.79. The largest absolute Gasteiger partial charge is 0.469 e. The first-order valence-electron chi connectivity index (χ1n) is 5.53. The van der Waals surface area contributed by atoms with E-state index in [1.165, 1.54) is 13.2 Å². The van der Waals surface area contributed by atoms with Gasteiger partial charge in [0, 0.05) is 5.39 Å². The van der Waals surface area contributed by atoms with Crippen molar-refractivity contribution in [2.24, 2.45) is 5.14 Å². The second kappa shape index (κ2) is 4.99. The van der Waals surface area contributed by atoms with Crippen molar-refractivity contribution in [3.05, 3.63) is 42.0 Å². The van der Waals surface area contributed by atoms with Crippen molar-refractivity contribution < 1.29 is 17.9 Å². The van der Waals surface area contributed by atoms with Gasteiger partial charge in [0.1, 0.15) is 0 Å². The Morgan fingerprint density at radius 2 is 2.00 bits per heavy atom. The van der Waals surface area contributed by atoms with Gasteiger partial charge in [-0.3, -0.25) is 4.79 Å². The lowest BCUT2D eigenvalue weighted by atomic mass is 10.1. The predicted octanol–water partition coefficient (Wildman–Crippen LogP) is 1.20. The van der Waals surface area contributed by atoms with Gasteiger partial charge in [0.15, 0.2) is 0 Å². The molecule has 19 heavy (non-hydrogen) atoms. The lowest BCUT2D eigenvalue weighted by Gasteiger charge is -2.06. The van der Waals surface area contributed by atoms with Crippen molar-refractivity contribution in [2.45, 2.75) is 11.3 Å². The van der Waals surface area contributed by atoms with Gasteiger partial charge in [-0.25, -0.2) is 13.6 Å².